The smallest absolute Gasteiger partial charge is 0.227 e. The monoisotopic (exact) mass is 462 g/mol. The maximum absolute atomic E-state index is 13.2. The number of anilines is 1. The third-order valence-corrected chi connectivity index (χ3v) is 6.26. The van der Waals surface area contributed by atoms with Gasteiger partial charge in [-0.1, -0.05) is 24.3 Å². The number of nitrogens with zero attached hydrogens (tertiary/aromatic N) is 4. The van der Waals surface area contributed by atoms with Crippen molar-refractivity contribution >= 4 is 11.7 Å². The first kappa shape index (κ1) is 23.7. The van der Waals surface area contributed by atoms with Crippen LogP contribution in [0.15, 0.2) is 48.5 Å². The van der Waals surface area contributed by atoms with Crippen LogP contribution in [0.1, 0.15) is 34.6 Å². The minimum absolute atomic E-state index is 0.0713. The number of carbonyl (C=O) groups is 1. The molecule has 1 aliphatic heterocycles. The number of ether oxygens (including phenoxy) is 1. The number of aryl methyl sites for hydroxylation is 2. The van der Waals surface area contributed by atoms with Gasteiger partial charge in [0.1, 0.15) is 23.2 Å². The summed E-state index contributed by atoms with van der Waals surface area (Å²) in [5, 5.41) is 0. The Kier molecular flexibility index (Phi) is 7.40. The van der Waals surface area contributed by atoms with Crippen LogP contribution in [0.5, 0.6) is 5.75 Å². The lowest BCUT2D eigenvalue weighted by Crippen LogP contribution is -2.36. The Morgan fingerprint density at radius 1 is 0.941 bits per heavy atom. The Bertz CT molecular complexity index is 1130. The molecule has 0 unspecified atom stereocenters. The van der Waals surface area contributed by atoms with Crippen molar-refractivity contribution in [2.75, 3.05) is 38.2 Å². The molecule has 1 aromatic heterocycles. The van der Waals surface area contributed by atoms with Crippen molar-refractivity contribution < 1.29 is 13.9 Å². The van der Waals surface area contributed by atoms with Crippen LogP contribution in [0.2, 0.25) is 0 Å². The predicted octanol–water partition coefficient (Wildman–Crippen LogP) is 4.11. The van der Waals surface area contributed by atoms with E-state index in [9.17, 15) is 9.18 Å². The van der Waals surface area contributed by atoms with Crippen molar-refractivity contribution in [1.29, 1.82) is 0 Å². The molecule has 3 aromatic rings. The van der Waals surface area contributed by atoms with Gasteiger partial charge in [-0.05, 0) is 55.7 Å². The van der Waals surface area contributed by atoms with Gasteiger partial charge in [0.2, 0.25) is 5.91 Å². The molecule has 0 radical (unpaired) electrons. The number of benzene rings is 2. The van der Waals surface area contributed by atoms with Gasteiger partial charge in [-0.2, -0.15) is 0 Å². The summed E-state index contributed by atoms with van der Waals surface area (Å²) in [6, 6.07) is 14.2. The molecular formula is C27H31FN4O2. The SMILES string of the molecule is COc1ccc(Cc2c(C)nc(C)nc2N2CCCN(C(=O)Cc3ccc(F)cc3)CC2)cc1. The number of carbonyl (C=O) groups excluding carboxylic acids is 1. The number of aromatic nitrogens is 2. The van der Waals surface area contributed by atoms with Crippen LogP contribution in [-0.2, 0) is 17.6 Å². The maximum atomic E-state index is 13.2. The van der Waals surface area contributed by atoms with Gasteiger partial charge >= 0.3 is 0 Å². The molecule has 2 aromatic carbocycles. The van der Waals surface area contributed by atoms with E-state index in [4.69, 9.17) is 9.72 Å². The van der Waals surface area contributed by atoms with Crippen molar-refractivity contribution in [3.8, 4) is 5.75 Å². The number of rotatable bonds is 6. The Morgan fingerprint density at radius 2 is 1.65 bits per heavy atom. The van der Waals surface area contributed by atoms with Crippen molar-refractivity contribution in [3.63, 3.8) is 0 Å². The number of hydrogen-bond donors (Lipinski definition) is 0. The highest BCUT2D eigenvalue weighted by molar-refractivity contribution is 5.79. The molecule has 1 saturated heterocycles. The van der Waals surface area contributed by atoms with E-state index in [1.54, 1.807) is 19.2 Å². The third-order valence-electron chi connectivity index (χ3n) is 6.26. The van der Waals surface area contributed by atoms with E-state index in [0.29, 0.717) is 19.6 Å². The van der Waals surface area contributed by atoms with Crippen molar-refractivity contribution in [1.82, 2.24) is 14.9 Å². The quantitative estimate of drug-likeness (QED) is 0.552. The molecule has 1 aliphatic rings. The first-order valence-electron chi connectivity index (χ1n) is 11.7. The molecule has 0 saturated carbocycles. The third kappa shape index (κ3) is 5.71. The van der Waals surface area contributed by atoms with Gasteiger partial charge in [0.25, 0.3) is 0 Å². The first-order valence-corrected chi connectivity index (χ1v) is 11.7. The molecule has 1 fully saturated rings. The molecule has 0 N–H and O–H groups in total. The average molecular weight is 463 g/mol. The van der Waals surface area contributed by atoms with Gasteiger partial charge in [-0.25, -0.2) is 14.4 Å². The average Bonchev–Trinajstić information content (AvgIpc) is 3.09. The summed E-state index contributed by atoms with van der Waals surface area (Å²) < 4.78 is 18.5. The summed E-state index contributed by atoms with van der Waals surface area (Å²) in [5.41, 5.74) is 4.09. The second-order valence-electron chi connectivity index (χ2n) is 8.71. The van der Waals surface area contributed by atoms with Gasteiger partial charge in [0.15, 0.2) is 0 Å². The zero-order chi connectivity index (χ0) is 24.1. The van der Waals surface area contributed by atoms with E-state index in [2.05, 4.69) is 22.0 Å². The fourth-order valence-corrected chi connectivity index (χ4v) is 4.40. The van der Waals surface area contributed by atoms with Crippen LogP contribution >= 0.6 is 0 Å². The van der Waals surface area contributed by atoms with Gasteiger partial charge in [0, 0.05) is 43.9 Å². The number of halogens is 1. The minimum Gasteiger partial charge on any atom is -0.497 e. The number of methoxy groups -OCH3 is 1. The van der Waals surface area contributed by atoms with Crippen LogP contribution in [0.3, 0.4) is 0 Å². The second kappa shape index (κ2) is 10.6. The summed E-state index contributed by atoms with van der Waals surface area (Å²) in [7, 11) is 1.66. The zero-order valence-electron chi connectivity index (χ0n) is 20.1. The highest BCUT2D eigenvalue weighted by atomic mass is 19.1. The van der Waals surface area contributed by atoms with E-state index in [1.807, 2.05) is 30.9 Å². The molecule has 6 nitrogen and oxygen atoms in total. The van der Waals surface area contributed by atoms with Crippen LogP contribution in [0, 0.1) is 19.7 Å². The summed E-state index contributed by atoms with van der Waals surface area (Å²) >= 11 is 0. The molecule has 0 aliphatic carbocycles. The zero-order valence-corrected chi connectivity index (χ0v) is 20.1. The highest BCUT2D eigenvalue weighted by Gasteiger charge is 2.23. The van der Waals surface area contributed by atoms with E-state index < -0.39 is 0 Å². The van der Waals surface area contributed by atoms with Crippen LogP contribution < -0.4 is 9.64 Å². The molecule has 2 heterocycles. The van der Waals surface area contributed by atoms with Crippen LogP contribution in [-0.4, -0.2) is 54.1 Å². The van der Waals surface area contributed by atoms with E-state index in [-0.39, 0.29) is 18.1 Å². The van der Waals surface area contributed by atoms with Gasteiger partial charge < -0.3 is 14.5 Å². The van der Waals surface area contributed by atoms with Crippen molar-refractivity contribution in [2.24, 2.45) is 0 Å². The van der Waals surface area contributed by atoms with E-state index >= 15 is 0 Å². The minimum atomic E-state index is -0.289. The van der Waals surface area contributed by atoms with Crippen molar-refractivity contribution in [2.45, 2.75) is 33.1 Å². The molecule has 0 bridgehead atoms. The van der Waals surface area contributed by atoms with E-state index in [0.717, 1.165) is 53.6 Å². The fraction of sp³-hybridized carbons (Fsp3) is 0.370. The lowest BCUT2D eigenvalue weighted by molar-refractivity contribution is -0.130. The molecule has 1 amide bonds. The summed E-state index contributed by atoms with van der Waals surface area (Å²) in [6.07, 6.45) is 1.88. The topological polar surface area (TPSA) is 58.6 Å². The Morgan fingerprint density at radius 3 is 2.35 bits per heavy atom. The first-order chi connectivity index (χ1) is 16.4. The molecule has 7 heteroatoms. The lowest BCUT2D eigenvalue weighted by atomic mass is 10.0. The molecule has 34 heavy (non-hydrogen) atoms. The lowest BCUT2D eigenvalue weighted by Gasteiger charge is -2.26. The Labute approximate surface area is 200 Å². The second-order valence-corrected chi connectivity index (χ2v) is 8.71. The molecular weight excluding hydrogens is 431 g/mol. The Hall–Kier alpha value is -3.48. The fourth-order valence-electron chi connectivity index (χ4n) is 4.40. The van der Waals surface area contributed by atoms with Crippen LogP contribution in [0.25, 0.3) is 0 Å². The molecule has 0 atom stereocenters. The standard InChI is InChI=1S/C27H31FN4O2/c1-19-25(17-21-7-11-24(34-3)12-8-21)27(30-20(2)29-19)32-14-4-13-31(15-16-32)26(33)18-22-5-9-23(28)10-6-22/h5-12H,4,13-18H2,1-3H3. The molecule has 4 rings (SSSR count). The summed E-state index contributed by atoms with van der Waals surface area (Å²) in [5.74, 6) is 2.32. The highest BCUT2D eigenvalue weighted by Crippen LogP contribution is 2.26. The molecule has 0 spiro atoms. The van der Waals surface area contributed by atoms with Gasteiger partial charge in [0.05, 0.1) is 13.5 Å². The number of amides is 1. The van der Waals surface area contributed by atoms with Gasteiger partial charge in [-0.15, -0.1) is 0 Å². The van der Waals surface area contributed by atoms with Crippen LogP contribution in [0.4, 0.5) is 10.2 Å². The Balaban J connectivity index is 1.49. The maximum Gasteiger partial charge on any atom is 0.227 e. The summed E-state index contributed by atoms with van der Waals surface area (Å²) in [6.45, 7) is 6.82. The largest absolute Gasteiger partial charge is 0.497 e. The predicted molar refractivity (Wildman–Crippen MR) is 131 cm³/mol. The van der Waals surface area contributed by atoms with Crippen molar-refractivity contribution in [3.05, 3.63) is 82.6 Å². The van der Waals surface area contributed by atoms with Gasteiger partial charge in [-0.3, -0.25) is 4.79 Å². The van der Waals surface area contributed by atoms with E-state index in [1.165, 1.54) is 17.7 Å². The molecule has 178 valence electrons. The number of hydrogen-bond acceptors (Lipinski definition) is 5. The normalized spacial score (nSPS) is 14.1. The summed E-state index contributed by atoms with van der Waals surface area (Å²) in [4.78, 5) is 26.5.